The Morgan fingerprint density at radius 3 is 2.42 bits per heavy atom. The molecule has 0 spiro atoms. The lowest BCUT2D eigenvalue weighted by atomic mass is 10.1. The van der Waals surface area contributed by atoms with Gasteiger partial charge in [0.25, 0.3) is 0 Å². The van der Waals surface area contributed by atoms with Crippen molar-refractivity contribution in [2.75, 3.05) is 5.75 Å². The van der Waals surface area contributed by atoms with E-state index in [0.29, 0.717) is 18.9 Å². The van der Waals surface area contributed by atoms with Crippen LogP contribution in [-0.4, -0.2) is 31.0 Å². The zero-order chi connectivity index (χ0) is 18.3. The standard InChI is InChI=1S/C18H29NO4S/c1-6-15(5)19(18(20)11-14(3)4)13-16-9-8-10-17(12-16)23-24(21,22)7-2/h8-10,12,14-15H,6-7,11,13H2,1-5H3/t15-/m1/s1. The third-order valence-corrected chi connectivity index (χ3v) is 5.01. The molecule has 0 bridgehead atoms. The summed E-state index contributed by atoms with van der Waals surface area (Å²) in [6, 6.07) is 7.05. The van der Waals surface area contributed by atoms with Crippen molar-refractivity contribution in [2.45, 2.75) is 60.0 Å². The van der Waals surface area contributed by atoms with Gasteiger partial charge in [-0.2, -0.15) is 8.42 Å². The third-order valence-electron chi connectivity index (χ3n) is 3.85. The van der Waals surface area contributed by atoms with Crippen LogP contribution in [0.2, 0.25) is 0 Å². The molecule has 0 saturated carbocycles. The molecule has 0 aliphatic carbocycles. The van der Waals surface area contributed by atoms with Crippen molar-refractivity contribution >= 4 is 16.0 Å². The molecular weight excluding hydrogens is 326 g/mol. The quantitative estimate of drug-likeness (QED) is 0.635. The summed E-state index contributed by atoms with van der Waals surface area (Å²) in [4.78, 5) is 14.4. The van der Waals surface area contributed by atoms with E-state index in [1.807, 2.05) is 38.7 Å². The lowest BCUT2D eigenvalue weighted by Gasteiger charge is -2.29. The van der Waals surface area contributed by atoms with Crippen LogP contribution in [0.1, 0.15) is 53.0 Å². The van der Waals surface area contributed by atoms with Crippen LogP contribution >= 0.6 is 0 Å². The number of nitrogens with zero attached hydrogens (tertiary/aromatic N) is 1. The molecule has 1 aromatic carbocycles. The van der Waals surface area contributed by atoms with Crippen molar-refractivity contribution < 1.29 is 17.4 Å². The Balaban J connectivity index is 2.96. The van der Waals surface area contributed by atoms with Gasteiger partial charge in [-0.05, 0) is 43.9 Å². The maximum Gasteiger partial charge on any atom is 0.308 e. The van der Waals surface area contributed by atoms with Crippen LogP contribution in [0.15, 0.2) is 24.3 Å². The Morgan fingerprint density at radius 1 is 1.21 bits per heavy atom. The summed E-state index contributed by atoms with van der Waals surface area (Å²) < 4.78 is 28.3. The van der Waals surface area contributed by atoms with E-state index < -0.39 is 10.1 Å². The average molecular weight is 356 g/mol. The summed E-state index contributed by atoms with van der Waals surface area (Å²) >= 11 is 0. The van der Waals surface area contributed by atoms with Gasteiger partial charge in [0.2, 0.25) is 5.91 Å². The van der Waals surface area contributed by atoms with Gasteiger partial charge < -0.3 is 9.08 Å². The minimum atomic E-state index is -3.55. The summed E-state index contributed by atoms with van der Waals surface area (Å²) in [6.07, 6.45) is 1.37. The van der Waals surface area contributed by atoms with Crippen molar-refractivity contribution in [1.82, 2.24) is 4.90 Å². The molecule has 0 radical (unpaired) electrons. The monoisotopic (exact) mass is 355 g/mol. The highest BCUT2D eigenvalue weighted by Crippen LogP contribution is 2.20. The second-order valence-electron chi connectivity index (χ2n) is 6.45. The van der Waals surface area contributed by atoms with Crippen LogP contribution in [-0.2, 0) is 21.5 Å². The summed E-state index contributed by atoms with van der Waals surface area (Å²) in [5.74, 6) is 0.623. The summed E-state index contributed by atoms with van der Waals surface area (Å²) in [5, 5.41) is 0. The van der Waals surface area contributed by atoms with E-state index in [0.717, 1.165) is 12.0 Å². The van der Waals surface area contributed by atoms with E-state index in [1.165, 1.54) is 6.92 Å². The number of benzene rings is 1. The van der Waals surface area contributed by atoms with Gasteiger partial charge in [0, 0.05) is 19.0 Å². The lowest BCUT2D eigenvalue weighted by Crippen LogP contribution is -2.38. The fourth-order valence-corrected chi connectivity index (χ4v) is 2.79. The molecule has 1 rings (SSSR count). The molecule has 0 aliphatic rings. The molecule has 0 saturated heterocycles. The number of carbonyl (C=O) groups is 1. The molecule has 0 aromatic heterocycles. The highest BCUT2D eigenvalue weighted by molar-refractivity contribution is 7.87. The van der Waals surface area contributed by atoms with Gasteiger partial charge in [-0.25, -0.2) is 0 Å². The van der Waals surface area contributed by atoms with Crippen molar-refractivity contribution in [2.24, 2.45) is 5.92 Å². The largest absolute Gasteiger partial charge is 0.382 e. The maximum atomic E-state index is 12.5. The molecule has 1 atom stereocenters. The summed E-state index contributed by atoms with van der Waals surface area (Å²) in [7, 11) is -3.55. The van der Waals surface area contributed by atoms with E-state index in [2.05, 4.69) is 0 Å². The van der Waals surface area contributed by atoms with Gasteiger partial charge in [-0.3, -0.25) is 4.79 Å². The normalized spacial score (nSPS) is 12.9. The van der Waals surface area contributed by atoms with Crippen molar-refractivity contribution in [3.63, 3.8) is 0 Å². The first-order valence-electron chi connectivity index (χ1n) is 8.49. The summed E-state index contributed by atoms with van der Waals surface area (Å²) in [5.41, 5.74) is 0.858. The minimum Gasteiger partial charge on any atom is -0.382 e. The Hall–Kier alpha value is -1.56. The zero-order valence-electron chi connectivity index (χ0n) is 15.3. The van der Waals surface area contributed by atoms with Crippen molar-refractivity contribution in [3.05, 3.63) is 29.8 Å². The van der Waals surface area contributed by atoms with E-state index in [1.54, 1.807) is 18.2 Å². The van der Waals surface area contributed by atoms with Crippen LogP contribution in [0.25, 0.3) is 0 Å². The topological polar surface area (TPSA) is 63.7 Å². The Labute approximate surface area is 146 Å². The first kappa shape index (κ1) is 20.5. The molecule has 24 heavy (non-hydrogen) atoms. The Bertz CT molecular complexity index is 640. The van der Waals surface area contributed by atoms with Gasteiger partial charge in [-0.1, -0.05) is 32.9 Å². The maximum absolute atomic E-state index is 12.5. The van der Waals surface area contributed by atoms with Gasteiger partial charge in [0.15, 0.2) is 0 Å². The first-order chi connectivity index (χ1) is 11.2. The minimum absolute atomic E-state index is 0.0803. The zero-order valence-corrected chi connectivity index (χ0v) is 16.1. The highest BCUT2D eigenvalue weighted by Gasteiger charge is 2.20. The molecule has 0 aliphatic heterocycles. The smallest absolute Gasteiger partial charge is 0.308 e. The number of rotatable bonds is 9. The van der Waals surface area contributed by atoms with Crippen LogP contribution in [0.3, 0.4) is 0 Å². The molecule has 0 unspecified atom stereocenters. The predicted octanol–water partition coefficient (Wildman–Crippen LogP) is 3.59. The SMILES string of the molecule is CC[C@@H](C)N(Cc1cccc(OS(=O)(=O)CC)c1)C(=O)CC(C)C. The molecule has 1 amide bonds. The van der Waals surface area contributed by atoms with Gasteiger partial charge >= 0.3 is 10.1 Å². The van der Waals surface area contributed by atoms with Gasteiger partial charge in [-0.15, -0.1) is 0 Å². The van der Waals surface area contributed by atoms with Crippen LogP contribution in [0.4, 0.5) is 0 Å². The first-order valence-corrected chi connectivity index (χ1v) is 10.1. The third kappa shape index (κ3) is 6.51. The fraction of sp³-hybridized carbons (Fsp3) is 0.611. The predicted molar refractivity (Wildman–Crippen MR) is 96.3 cm³/mol. The highest BCUT2D eigenvalue weighted by atomic mass is 32.2. The number of hydrogen-bond acceptors (Lipinski definition) is 4. The van der Waals surface area contributed by atoms with Crippen LogP contribution < -0.4 is 4.18 Å². The van der Waals surface area contributed by atoms with Crippen molar-refractivity contribution in [1.29, 1.82) is 0 Å². The van der Waals surface area contributed by atoms with E-state index in [-0.39, 0.29) is 23.5 Å². The van der Waals surface area contributed by atoms with Gasteiger partial charge in [0.05, 0.1) is 5.75 Å². The van der Waals surface area contributed by atoms with E-state index in [4.69, 9.17) is 4.18 Å². The lowest BCUT2D eigenvalue weighted by molar-refractivity contribution is -0.134. The van der Waals surface area contributed by atoms with Gasteiger partial charge in [0.1, 0.15) is 5.75 Å². The fourth-order valence-electron chi connectivity index (χ4n) is 2.27. The number of amides is 1. The molecule has 136 valence electrons. The Kier molecular flexibility index (Phi) is 7.73. The average Bonchev–Trinajstić information content (AvgIpc) is 2.51. The molecule has 0 fully saturated rings. The van der Waals surface area contributed by atoms with E-state index in [9.17, 15) is 13.2 Å². The summed E-state index contributed by atoms with van der Waals surface area (Å²) in [6.45, 7) is 10.1. The van der Waals surface area contributed by atoms with Crippen LogP contribution in [0, 0.1) is 5.92 Å². The van der Waals surface area contributed by atoms with E-state index >= 15 is 0 Å². The molecule has 0 heterocycles. The second-order valence-corrected chi connectivity index (χ2v) is 8.31. The molecular formula is C18H29NO4S. The molecule has 1 aromatic rings. The second kappa shape index (κ2) is 9.06. The molecule has 6 heteroatoms. The molecule has 0 N–H and O–H groups in total. The number of hydrogen-bond donors (Lipinski definition) is 0. The Morgan fingerprint density at radius 2 is 1.88 bits per heavy atom. The van der Waals surface area contributed by atoms with Crippen molar-refractivity contribution in [3.8, 4) is 5.75 Å². The number of carbonyl (C=O) groups excluding carboxylic acids is 1. The molecule has 5 nitrogen and oxygen atoms in total. The van der Waals surface area contributed by atoms with Crippen LogP contribution in [0.5, 0.6) is 5.75 Å².